The second-order valence-electron chi connectivity index (χ2n) is 8.79. The van der Waals surface area contributed by atoms with Crippen molar-refractivity contribution in [3.63, 3.8) is 0 Å². The van der Waals surface area contributed by atoms with Gasteiger partial charge in [0.1, 0.15) is 16.7 Å². The Kier molecular flexibility index (Phi) is 9.59. The van der Waals surface area contributed by atoms with Crippen molar-refractivity contribution in [2.45, 2.75) is 24.0 Å². The predicted octanol–water partition coefficient (Wildman–Crippen LogP) is 5.51. The number of benzene rings is 2. The van der Waals surface area contributed by atoms with Gasteiger partial charge in [-0.05, 0) is 49.5 Å². The van der Waals surface area contributed by atoms with E-state index in [9.17, 15) is 4.79 Å². The predicted molar refractivity (Wildman–Crippen MR) is 149 cm³/mol. The summed E-state index contributed by atoms with van der Waals surface area (Å²) in [4.78, 5) is 26.2. The van der Waals surface area contributed by atoms with Crippen LogP contribution in [0.4, 0.5) is 5.82 Å². The Labute approximate surface area is 226 Å². The number of amides is 1. The number of hydrogen-bond donors (Lipinski definition) is 1. The fourth-order valence-corrected chi connectivity index (χ4v) is 4.67. The number of furan rings is 1. The lowest BCUT2D eigenvalue weighted by atomic mass is 10.1. The molecular weight excluding hydrogens is 506 g/mol. The third-order valence-corrected chi connectivity index (χ3v) is 6.69. The molecule has 0 aliphatic heterocycles. The maximum absolute atomic E-state index is 12.6. The highest BCUT2D eigenvalue weighted by Crippen LogP contribution is 2.26. The molecule has 0 saturated heterocycles. The summed E-state index contributed by atoms with van der Waals surface area (Å²) in [5.41, 5.74) is 2.79. The normalized spacial score (nSPS) is 11.0. The van der Waals surface area contributed by atoms with E-state index in [2.05, 4.69) is 46.3 Å². The van der Waals surface area contributed by atoms with Crippen LogP contribution in [0.25, 0.3) is 0 Å². The van der Waals surface area contributed by atoms with Crippen LogP contribution in [-0.2, 0) is 18.8 Å². The molecule has 0 unspecified atom stereocenters. The molecule has 192 valence electrons. The molecule has 0 aliphatic carbocycles. The van der Waals surface area contributed by atoms with Gasteiger partial charge in [-0.1, -0.05) is 65.8 Å². The zero-order valence-electron chi connectivity index (χ0n) is 20.9. The Morgan fingerprint density at radius 2 is 1.78 bits per heavy atom. The van der Waals surface area contributed by atoms with Crippen LogP contribution in [-0.4, -0.2) is 48.0 Å². The first-order valence-corrected chi connectivity index (χ1v) is 13.3. The SMILES string of the molecule is CN(C)CCN(Cc1ccccc1)c1cc(Cl)nc(SCc2cccc(C(=O)NCc3ccco3)c2)n1. The Balaban J connectivity index is 1.44. The number of aromatic nitrogens is 2. The van der Waals surface area contributed by atoms with Gasteiger partial charge >= 0.3 is 0 Å². The van der Waals surface area contributed by atoms with Crippen molar-refractivity contribution in [3.05, 3.63) is 107 Å². The minimum atomic E-state index is -0.151. The smallest absolute Gasteiger partial charge is 0.251 e. The largest absolute Gasteiger partial charge is 0.467 e. The number of halogens is 1. The van der Waals surface area contributed by atoms with Crippen LogP contribution in [0.1, 0.15) is 27.2 Å². The fourth-order valence-electron chi connectivity index (χ4n) is 3.64. The lowest BCUT2D eigenvalue weighted by Gasteiger charge is -2.26. The quantitative estimate of drug-likeness (QED) is 0.145. The van der Waals surface area contributed by atoms with E-state index in [1.54, 1.807) is 18.4 Å². The summed E-state index contributed by atoms with van der Waals surface area (Å²) in [6.07, 6.45) is 1.59. The highest BCUT2D eigenvalue weighted by atomic mass is 35.5. The van der Waals surface area contributed by atoms with Gasteiger partial charge in [-0.2, -0.15) is 0 Å². The van der Waals surface area contributed by atoms with E-state index in [0.717, 1.165) is 31.0 Å². The van der Waals surface area contributed by atoms with E-state index in [0.29, 0.717) is 33.9 Å². The van der Waals surface area contributed by atoms with Gasteiger partial charge in [0, 0.05) is 37.0 Å². The van der Waals surface area contributed by atoms with Crippen LogP contribution in [0, 0.1) is 0 Å². The van der Waals surface area contributed by atoms with Gasteiger partial charge in [0.25, 0.3) is 5.91 Å². The molecule has 0 fully saturated rings. The van der Waals surface area contributed by atoms with E-state index < -0.39 is 0 Å². The van der Waals surface area contributed by atoms with Gasteiger partial charge in [0.15, 0.2) is 5.16 Å². The molecule has 2 heterocycles. The molecule has 4 aromatic rings. The van der Waals surface area contributed by atoms with Crippen LogP contribution in [0.3, 0.4) is 0 Å². The van der Waals surface area contributed by atoms with Crippen molar-refractivity contribution < 1.29 is 9.21 Å². The van der Waals surface area contributed by atoms with Crippen LogP contribution in [0.15, 0.2) is 88.6 Å². The topological polar surface area (TPSA) is 74.5 Å². The standard InChI is InChI=1S/C28H30ClN5O2S/c1-33(2)13-14-34(19-21-8-4-3-5-9-21)26-17-25(29)31-28(32-26)37-20-22-10-6-11-23(16-22)27(35)30-18-24-12-7-15-36-24/h3-12,15-17H,13-14,18-20H2,1-2H3,(H,30,35). The Hall–Kier alpha value is -3.33. The minimum Gasteiger partial charge on any atom is -0.467 e. The number of likely N-dealkylation sites (N-methyl/N-ethyl adjacent to an activating group) is 1. The highest BCUT2D eigenvalue weighted by molar-refractivity contribution is 7.98. The summed E-state index contributed by atoms with van der Waals surface area (Å²) in [5, 5.41) is 3.88. The van der Waals surface area contributed by atoms with Crippen LogP contribution in [0.2, 0.25) is 5.15 Å². The number of rotatable bonds is 12. The van der Waals surface area contributed by atoms with Gasteiger partial charge in [0.05, 0.1) is 12.8 Å². The van der Waals surface area contributed by atoms with Crippen molar-refractivity contribution in [3.8, 4) is 0 Å². The molecule has 0 bridgehead atoms. The lowest BCUT2D eigenvalue weighted by molar-refractivity contribution is 0.0948. The molecule has 1 N–H and O–H groups in total. The summed E-state index contributed by atoms with van der Waals surface area (Å²) >= 11 is 7.91. The van der Waals surface area contributed by atoms with Gasteiger partial charge in [-0.15, -0.1) is 0 Å². The molecule has 0 aliphatic rings. The second-order valence-corrected chi connectivity index (χ2v) is 10.1. The molecule has 7 nitrogen and oxygen atoms in total. The van der Waals surface area contributed by atoms with Crippen LogP contribution >= 0.6 is 23.4 Å². The minimum absolute atomic E-state index is 0.151. The summed E-state index contributed by atoms with van der Waals surface area (Å²) in [7, 11) is 4.11. The number of anilines is 1. The summed E-state index contributed by atoms with van der Waals surface area (Å²) in [5.74, 6) is 1.96. The molecule has 2 aromatic heterocycles. The number of hydrogen-bond acceptors (Lipinski definition) is 7. The first-order valence-electron chi connectivity index (χ1n) is 12.0. The van der Waals surface area contributed by atoms with Gasteiger partial charge in [-0.25, -0.2) is 9.97 Å². The van der Waals surface area contributed by atoms with Gasteiger partial charge in [-0.3, -0.25) is 4.79 Å². The molecule has 37 heavy (non-hydrogen) atoms. The molecule has 1 amide bonds. The number of thioether (sulfide) groups is 1. The Morgan fingerprint density at radius 3 is 2.54 bits per heavy atom. The van der Waals surface area contributed by atoms with Crippen molar-refractivity contribution in [2.24, 2.45) is 0 Å². The van der Waals surface area contributed by atoms with E-state index in [-0.39, 0.29) is 5.91 Å². The molecule has 2 aromatic carbocycles. The number of nitrogens with zero attached hydrogens (tertiary/aromatic N) is 4. The molecule has 0 saturated carbocycles. The maximum Gasteiger partial charge on any atom is 0.251 e. The van der Waals surface area contributed by atoms with Crippen molar-refractivity contribution in [1.82, 2.24) is 20.2 Å². The highest BCUT2D eigenvalue weighted by Gasteiger charge is 2.14. The Bertz CT molecular complexity index is 1280. The van der Waals surface area contributed by atoms with E-state index in [1.165, 1.54) is 17.3 Å². The van der Waals surface area contributed by atoms with E-state index in [1.807, 2.05) is 48.5 Å². The zero-order chi connectivity index (χ0) is 26.0. The summed E-state index contributed by atoms with van der Waals surface area (Å²) in [6, 6.07) is 23.3. The van der Waals surface area contributed by atoms with Crippen molar-refractivity contribution in [1.29, 1.82) is 0 Å². The number of nitrogens with one attached hydrogen (secondary N) is 1. The summed E-state index contributed by atoms with van der Waals surface area (Å²) in [6.45, 7) is 2.75. The molecule has 0 radical (unpaired) electrons. The summed E-state index contributed by atoms with van der Waals surface area (Å²) < 4.78 is 5.28. The van der Waals surface area contributed by atoms with Gasteiger partial charge in [0.2, 0.25) is 0 Å². The van der Waals surface area contributed by atoms with Crippen molar-refractivity contribution >= 4 is 35.1 Å². The molecule has 0 atom stereocenters. The number of carbonyl (C=O) groups is 1. The zero-order valence-corrected chi connectivity index (χ0v) is 22.5. The molecule has 9 heteroatoms. The third kappa shape index (κ3) is 8.35. The molecular formula is C28H30ClN5O2S. The first kappa shape index (κ1) is 26.7. The Morgan fingerprint density at radius 1 is 0.973 bits per heavy atom. The number of carbonyl (C=O) groups excluding carboxylic acids is 1. The average molecular weight is 536 g/mol. The van der Waals surface area contributed by atoms with Crippen LogP contribution < -0.4 is 10.2 Å². The monoisotopic (exact) mass is 535 g/mol. The third-order valence-electron chi connectivity index (χ3n) is 5.58. The first-order chi connectivity index (χ1) is 18.0. The molecule has 0 spiro atoms. The van der Waals surface area contributed by atoms with Gasteiger partial charge < -0.3 is 19.5 Å². The fraction of sp³-hybridized carbons (Fsp3) is 0.250. The van der Waals surface area contributed by atoms with E-state index in [4.69, 9.17) is 21.0 Å². The van der Waals surface area contributed by atoms with E-state index >= 15 is 0 Å². The second kappa shape index (κ2) is 13.3. The van der Waals surface area contributed by atoms with Crippen molar-refractivity contribution in [2.75, 3.05) is 32.1 Å². The lowest BCUT2D eigenvalue weighted by Crippen LogP contribution is -2.32. The molecule has 4 rings (SSSR count). The average Bonchev–Trinajstić information content (AvgIpc) is 3.42. The maximum atomic E-state index is 12.6. The van der Waals surface area contributed by atoms with Crippen LogP contribution in [0.5, 0.6) is 0 Å².